The normalized spacial score (nSPS) is 27.2. The van der Waals surface area contributed by atoms with Crippen LogP contribution in [0.5, 0.6) is 0 Å². The van der Waals surface area contributed by atoms with Gasteiger partial charge in [-0.25, -0.2) is 4.98 Å². The van der Waals surface area contributed by atoms with E-state index < -0.39 is 18.4 Å². The van der Waals surface area contributed by atoms with Gasteiger partial charge in [-0.3, -0.25) is 4.57 Å². The standard InChI is InChI=1S/C10H13FN6O2/c11-10-15-8(13)7-9(16-10)17(3-14-7)6-1-4(12)5(2-18)19-6/h3-6,18H,1-2,12H2,(H2,13,15,16). The molecule has 102 valence electrons. The summed E-state index contributed by atoms with van der Waals surface area (Å²) in [5.41, 5.74) is 12.0. The molecule has 0 amide bonds. The van der Waals surface area contributed by atoms with Crippen LogP contribution < -0.4 is 11.5 Å². The van der Waals surface area contributed by atoms with Gasteiger partial charge >= 0.3 is 6.08 Å². The number of aliphatic hydroxyl groups excluding tert-OH is 1. The van der Waals surface area contributed by atoms with Crippen molar-refractivity contribution < 1.29 is 14.2 Å². The van der Waals surface area contributed by atoms with Crippen molar-refractivity contribution in [3.63, 3.8) is 0 Å². The molecule has 0 aromatic carbocycles. The number of nitrogens with zero attached hydrogens (tertiary/aromatic N) is 4. The van der Waals surface area contributed by atoms with Gasteiger partial charge in [0.15, 0.2) is 17.0 Å². The Morgan fingerprint density at radius 1 is 1.53 bits per heavy atom. The Labute approximate surface area is 107 Å². The zero-order chi connectivity index (χ0) is 13.6. The fourth-order valence-corrected chi connectivity index (χ4v) is 2.22. The third kappa shape index (κ3) is 1.91. The topological polar surface area (TPSA) is 125 Å². The molecule has 0 aliphatic carbocycles. The number of anilines is 1. The van der Waals surface area contributed by atoms with E-state index in [1.54, 1.807) is 4.57 Å². The number of aromatic nitrogens is 4. The summed E-state index contributed by atoms with van der Waals surface area (Å²) < 4.78 is 20.3. The van der Waals surface area contributed by atoms with Crippen LogP contribution in [0.4, 0.5) is 10.2 Å². The predicted molar refractivity (Wildman–Crippen MR) is 63.3 cm³/mol. The summed E-state index contributed by atoms with van der Waals surface area (Å²) in [4.78, 5) is 11.1. The maximum Gasteiger partial charge on any atom is 0.312 e. The maximum absolute atomic E-state index is 13.2. The fraction of sp³-hybridized carbons (Fsp3) is 0.500. The van der Waals surface area contributed by atoms with Gasteiger partial charge in [-0.2, -0.15) is 14.4 Å². The maximum atomic E-state index is 13.2. The van der Waals surface area contributed by atoms with Crippen molar-refractivity contribution in [3.8, 4) is 0 Å². The average Bonchev–Trinajstić information content (AvgIpc) is 2.92. The molecule has 0 bridgehead atoms. The van der Waals surface area contributed by atoms with E-state index in [-0.39, 0.29) is 24.1 Å². The summed E-state index contributed by atoms with van der Waals surface area (Å²) in [5.74, 6) is -0.0257. The summed E-state index contributed by atoms with van der Waals surface area (Å²) in [5, 5.41) is 9.12. The Morgan fingerprint density at radius 2 is 2.32 bits per heavy atom. The van der Waals surface area contributed by atoms with Crippen LogP contribution in [-0.2, 0) is 4.74 Å². The molecule has 2 aromatic heterocycles. The first-order valence-corrected chi connectivity index (χ1v) is 5.77. The van der Waals surface area contributed by atoms with Crippen molar-refractivity contribution in [2.75, 3.05) is 12.3 Å². The highest BCUT2D eigenvalue weighted by Gasteiger charge is 2.34. The lowest BCUT2D eigenvalue weighted by Gasteiger charge is -2.13. The number of hydrogen-bond donors (Lipinski definition) is 3. The second kappa shape index (κ2) is 4.37. The molecule has 1 aliphatic rings. The van der Waals surface area contributed by atoms with Gasteiger partial charge in [0.1, 0.15) is 6.23 Å². The van der Waals surface area contributed by atoms with Crippen molar-refractivity contribution in [2.24, 2.45) is 5.73 Å². The summed E-state index contributed by atoms with van der Waals surface area (Å²) >= 11 is 0. The third-order valence-corrected chi connectivity index (χ3v) is 3.19. The van der Waals surface area contributed by atoms with Crippen molar-refractivity contribution in [2.45, 2.75) is 24.8 Å². The minimum absolute atomic E-state index is 0.0257. The summed E-state index contributed by atoms with van der Waals surface area (Å²) in [7, 11) is 0. The Bertz CT molecular complexity index is 617. The van der Waals surface area contributed by atoms with Crippen LogP contribution in [-0.4, -0.2) is 43.4 Å². The van der Waals surface area contributed by atoms with Gasteiger partial charge in [-0.05, 0) is 0 Å². The van der Waals surface area contributed by atoms with E-state index >= 15 is 0 Å². The van der Waals surface area contributed by atoms with E-state index in [0.717, 1.165) is 0 Å². The Hall–Kier alpha value is -1.84. The smallest absolute Gasteiger partial charge is 0.312 e. The second-order valence-electron chi connectivity index (χ2n) is 4.41. The van der Waals surface area contributed by atoms with Gasteiger partial charge in [0.25, 0.3) is 0 Å². The Morgan fingerprint density at radius 3 is 3.00 bits per heavy atom. The number of imidazole rings is 1. The van der Waals surface area contributed by atoms with Gasteiger partial charge in [0, 0.05) is 12.5 Å². The Balaban J connectivity index is 2.02. The molecule has 19 heavy (non-hydrogen) atoms. The highest BCUT2D eigenvalue weighted by Crippen LogP contribution is 2.30. The van der Waals surface area contributed by atoms with Crippen LogP contribution in [0.15, 0.2) is 6.33 Å². The molecule has 0 radical (unpaired) electrons. The molecular weight excluding hydrogens is 255 g/mol. The SMILES string of the molecule is Nc1nc(F)nc2c1ncn2C1CC(N)C(CO)O1. The number of nitrogen functional groups attached to an aromatic ring is 1. The number of hydrogen-bond acceptors (Lipinski definition) is 7. The number of ether oxygens (including phenoxy) is 1. The highest BCUT2D eigenvalue weighted by molar-refractivity contribution is 5.81. The molecule has 0 spiro atoms. The fourth-order valence-electron chi connectivity index (χ4n) is 2.22. The first-order valence-electron chi connectivity index (χ1n) is 5.77. The Kier molecular flexibility index (Phi) is 2.81. The minimum Gasteiger partial charge on any atom is -0.394 e. The number of fused-ring (bicyclic) bond motifs is 1. The molecule has 1 fully saturated rings. The molecule has 2 aromatic rings. The van der Waals surface area contributed by atoms with Gasteiger partial charge in [0.2, 0.25) is 0 Å². The molecule has 1 saturated heterocycles. The lowest BCUT2D eigenvalue weighted by Crippen LogP contribution is -2.32. The summed E-state index contributed by atoms with van der Waals surface area (Å²) in [6.07, 6.45) is 0.0965. The van der Waals surface area contributed by atoms with Crippen LogP contribution in [0.25, 0.3) is 11.2 Å². The second-order valence-corrected chi connectivity index (χ2v) is 4.41. The van der Waals surface area contributed by atoms with Gasteiger partial charge in [-0.15, -0.1) is 0 Å². The lowest BCUT2D eigenvalue weighted by molar-refractivity contribution is -0.0233. The van der Waals surface area contributed by atoms with Crippen LogP contribution >= 0.6 is 0 Å². The zero-order valence-corrected chi connectivity index (χ0v) is 9.90. The van der Waals surface area contributed by atoms with E-state index in [1.807, 2.05) is 0 Å². The van der Waals surface area contributed by atoms with Crippen molar-refractivity contribution >= 4 is 17.0 Å². The van der Waals surface area contributed by atoms with Crippen LogP contribution in [0.3, 0.4) is 0 Å². The van der Waals surface area contributed by atoms with E-state index in [0.29, 0.717) is 11.9 Å². The summed E-state index contributed by atoms with van der Waals surface area (Å²) in [6, 6.07) is -0.295. The van der Waals surface area contributed by atoms with Crippen LogP contribution in [0.1, 0.15) is 12.6 Å². The number of halogens is 1. The largest absolute Gasteiger partial charge is 0.394 e. The molecule has 3 unspecified atom stereocenters. The monoisotopic (exact) mass is 268 g/mol. The number of nitrogens with two attached hydrogens (primary N) is 2. The van der Waals surface area contributed by atoms with Crippen molar-refractivity contribution in [3.05, 3.63) is 12.4 Å². The number of rotatable bonds is 2. The summed E-state index contributed by atoms with van der Waals surface area (Å²) in [6.45, 7) is -0.171. The molecule has 3 heterocycles. The molecule has 5 N–H and O–H groups in total. The first-order chi connectivity index (χ1) is 9.10. The van der Waals surface area contributed by atoms with E-state index in [2.05, 4.69) is 15.0 Å². The van der Waals surface area contributed by atoms with Gasteiger partial charge < -0.3 is 21.3 Å². The molecule has 3 atom stereocenters. The third-order valence-electron chi connectivity index (χ3n) is 3.19. The molecule has 8 nitrogen and oxygen atoms in total. The lowest BCUT2D eigenvalue weighted by atomic mass is 10.1. The van der Waals surface area contributed by atoms with Crippen LogP contribution in [0.2, 0.25) is 0 Å². The average molecular weight is 268 g/mol. The van der Waals surface area contributed by atoms with Crippen molar-refractivity contribution in [1.82, 2.24) is 19.5 Å². The zero-order valence-electron chi connectivity index (χ0n) is 9.90. The molecule has 3 rings (SSSR count). The highest BCUT2D eigenvalue weighted by atomic mass is 19.1. The molecular formula is C10H13FN6O2. The molecule has 9 heteroatoms. The molecule has 0 saturated carbocycles. The van der Waals surface area contributed by atoms with Gasteiger partial charge in [0.05, 0.1) is 19.0 Å². The van der Waals surface area contributed by atoms with Crippen LogP contribution in [0, 0.1) is 6.08 Å². The van der Waals surface area contributed by atoms with E-state index in [9.17, 15) is 4.39 Å². The van der Waals surface area contributed by atoms with E-state index in [1.165, 1.54) is 6.33 Å². The van der Waals surface area contributed by atoms with Crippen molar-refractivity contribution in [1.29, 1.82) is 0 Å². The predicted octanol–water partition coefficient (Wildman–Crippen LogP) is -0.845. The van der Waals surface area contributed by atoms with E-state index in [4.69, 9.17) is 21.3 Å². The quantitative estimate of drug-likeness (QED) is 0.606. The van der Waals surface area contributed by atoms with Gasteiger partial charge in [-0.1, -0.05) is 0 Å². The molecule has 1 aliphatic heterocycles. The first kappa shape index (κ1) is 12.2. The minimum atomic E-state index is -0.923. The number of aliphatic hydroxyl groups is 1.